The molecule has 0 aliphatic rings. The second kappa shape index (κ2) is 4.25. The maximum atomic E-state index is 7.57. The van der Waals surface area contributed by atoms with Gasteiger partial charge in [-0.25, -0.2) is 4.98 Å². The molecular weight excluding hydrogens is 238 g/mol. The number of nitrogens with one attached hydrogen (secondary N) is 1. The van der Waals surface area contributed by atoms with Crippen molar-refractivity contribution in [3.63, 3.8) is 0 Å². The molecule has 14 heavy (non-hydrogen) atoms. The molecule has 0 aliphatic heterocycles. The Kier molecular flexibility index (Phi) is 3.00. The van der Waals surface area contributed by atoms with Gasteiger partial charge in [-0.2, -0.15) is 0 Å². The molecule has 3 nitrogen and oxygen atoms in total. The van der Waals surface area contributed by atoms with Crippen LogP contribution in [0.3, 0.4) is 0 Å². The third-order valence-electron chi connectivity index (χ3n) is 1.81. The van der Waals surface area contributed by atoms with Gasteiger partial charge >= 0.3 is 0 Å². The summed E-state index contributed by atoms with van der Waals surface area (Å²) in [7, 11) is 0. The summed E-state index contributed by atoms with van der Waals surface area (Å²) in [5, 5.41) is 9.48. The Morgan fingerprint density at radius 3 is 3.00 bits per heavy atom. The Hall–Kier alpha value is -0.650. The Morgan fingerprint density at radius 2 is 2.43 bits per heavy atom. The summed E-state index contributed by atoms with van der Waals surface area (Å²) in [6.07, 6.45) is 4.61. The zero-order valence-corrected chi connectivity index (χ0v) is 9.62. The first kappa shape index (κ1) is 9.89. The summed E-state index contributed by atoms with van der Waals surface area (Å²) in [5.41, 5.74) is 0. The lowest BCUT2D eigenvalue weighted by atomic mass is 10.4. The highest BCUT2D eigenvalue weighted by atomic mass is 35.5. The van der Waals surface area contributed by atoms with E-state index >= 15 is 0 Å². The fourth-order valence-corrected chi connectivity index (χ4v) is 2.70. The minimum Gasteiger partial charge on any atom is -0.324 e. The van der Waals surface area contributed by atoms with Crippen molar-refractivity contribution >= 4 is 34.3 Å². The molecule has 0 spiro atoms. The fraction of sp³-hybridized carbons (Fsp3) is 0.250. The first-order valence-corrected chi connectivity index (χ1v) is 6.12. The van der Waals surface area contributed by atoms with E-state index in [1.54, 1.807) is 6.20 Å². The normalized spacial score (nSPS) is 10.6. The highest BCUT2D eigenvalue weighted by molar-refractivity contribution is 7.15. The molecular formula is C8H8ClN3S2. The molecule has 6 heteroatoms. The number of thiazole rings is 2. The van der Waals surface area contributed by atoms with Crippen LogP contribution in [-0.4, -0.2) is 9.55 Å². The molecule has 2 aromatic heterocycles. The van der Waals surface area contributed by atoms with Crippen molar-refractivity contribution in [1.29, 1.82) is 5.41 Å². The molecule has 0 aromatic carbocycles. The number of aryl methyl sites for hydroxylation is 2. The van der Waals surface area contributed by atoms with E-state index < -0.39 is 0 Å². The van der Waals surface area contributed by atoms with Crippen LogP contribution >= 0.6 is 34.3 Å². The Balaban J connectivity index is 2.01. The lowest BCUT2D eigenvalue weighted by Gasteiger charge is -1.98. The summed E-state index contributed by atoms with van der Waals surface area (Å²) < 4.78 is 2.50. The van der Waals surface area contributed by atoms with Crippen molar-refractivity contribution in [2.75, 3.05) is 0 Å². The largest absolute Gasteiger partial charge is 0.324 e. The smallest absolute Gasteiger partial charge is 0.183 e. The maximum absolute atomic E-state index is 7.57. The minimum atomic E-state index is 0.584. The van der Waals surface area contributed by atoms with Crippen LogP contribution in [0.1, 0.15) is 4.88 Å². The van der Waals surface area contributed by atoms with Gasteiger partial charge in [-0.15, -0.1) is 22.7 Å². The first-order chi connectivity index (χ1) is 6.75. The topological polar surface area (TPSA) is 41.7 Å². The van der Waals surface area contributed by atoms with E-state index in [0.29, 0.717) is 9.27 Å². The van der Waals surface area contributed by atoms with Crippen molar-refractivity contribution in [3.8, 4) is 0 Å². The van der Waals surface area contributed by atoms with Gasteiger partial charge in [0, 0.05) is 35.6 Å². The second-order valence-corrected chi connectivity index (χ2v) is 5.32. The highest BCUT2D eigenvalue weighted by Gasteiger charge is 2.00. The Morgan fingerprint density at radius 1 is 1.57 bits per heavy atom. The number of rotatable bonds is 3. The van der Waals surface area contributed by atoms with E-state index in [0.717, 1.165) is 17.8 Å². The lowest BCUT2D eigenvalue weighted by molar-refractivity contribution is 0.675. The van der Waals surface area contributed by atoms with E-state index in [1.165, 1.54) is 22.7 Å². The quantitative estimate of drug-likeness (QED) is 0.887. The predicted molar refractivity (Wildman–Crippen MR) is 59.0 cm³/mol. The van der Waals surface area contributed by atoms with E-state index in [2.05, 4.69) is 4.98 Å². The van der Waals surface area contributed by atoms with Crippen LogP contribution in [-0.2, 0) is 13.0 Å². The van der Waals surface area contributed by atoms with Gasteiger partial charge < -0.3 is 4.57 Å². The number of nitrogens with zero attached hydrogens (tertiary/aromatic N) is 2. The van der Waals surface area contributed by atoms with Crippen LogP contribution in [0.25, 0.3) is 0 Å². The zero-order chi connectivity index (χ0) is 9.97. The maximum Gasteiger partial charge on any atom is 0.183 e. The molecule has 0 atom stereocenters. The van der Waals surface area contributed by atoms with E-state index in [1.807, 2.05) is 16.1 Å². The first-order valence-electron chi connectivity index (χ1n) is 4.04. The van der Waals surface area contributed by atoms with Crippen molar-refractivity contribution in [2.24, 2.45) is 0 Å². The van der Waals surface area contributed by atoms with Gasteiger partial charge in [0.2, 0.25) is 0 Å². The van der Waals surface area contributed by atoms with Gasteiger partial charge in [0.05, 0.1) is 0 Å². The molecule has 2 aromatic rings. The third-order valence-corrected chi connectivity index (χ3v) is 3.70. The molecule has 0 fully saturated rings. The van der Waals surface area contributed by atoms with Gasteiger partial charge in [-0.1, -0.05) is 11.6 Å². The van der Waals surface area contributed by atoms with Gasteiger partial charge in [-0.05, 0) is 0 Å². The summed E-state index contributed by atoms with van der Waals surface area (Å²) >= 11 is 8.65. The Bertz CT molecular complexity index is 471. The number of hydrogen-bond acceptors (Lipinski definition) is 4. The standard InChI is InChI=1S/C8H8ClN3S2/c9-7-11-5-6(14-7)1-2-12-3-4-13-8(12)10/h3-5,10H,1-2H2. The average molecular weight is 246 g/mol. The summed E-state index contributed by atoms with van der Waals surface area (Å²) in [6.45, 7) is 0.820. The molecule has 0 radical (unpaired) electrons. The average Bonchev–Trinajstić information content (AvgIpc) is 2.72. The van der Waals surface area contributed by atoms with Crippen molar-refractivity contribution in [3.05, 3.63) is 31.9 Å². The predicted octanol–water partition coefficient (Wildman–Crippen LogP) is 2.38. The molecule has 74 valence electrons. The minimum absolute atomic E-state index is 0.584. The van der Waals surface area contributed by atoms with Crippen LogP contribution in [0.5, 0.6) is 0 Å². The van der Waals surface area contributed by atoms with Crippen LogP contribution in [0.2, 0.25) is 4.47 Å². The zero-order valence-electron chi connectivity index (χ0n) is 7.24. The fourth-order valence-electron chi connectivity index (χ4n) is 1.11. The summed E-state index contributed by atoms with van der Waals surface area (Å²) in [4.78, 5) is 5.71. The number of aromatic nitrogens is 2. The molecule has 2 heterocycles. The molecule has 0 unspecified atom stereocenters. The molecule has 0 amide bonds. The molecule has 0 bridgehead atoms. The van der Waals surface area contributed by atoms with Gasteiger partial charge in [0.15, 0.2) is 9.27 Å². The van der Waals surface area contributed by atoms with Crippen molar-refractivity contribution in [2.45, 2.75) is 13.0 Å². The van der Waals surface area contributed by atoms with Crippen molar-refractivity contribution < 1.29 is 0 Å². The van der Waals surface area contributed by atoms with E-state index in [9.17, 15) is 0 Å². The number of hydrogen-bond donors (Lipinski definition) is 1. The monoisotopic (exact) mass is 245 g/mol. The van der Waals surface area contributed by atoms with Gasteiger partial charge in [-0.3, -0.25) is 5.41 Å². The molecule has 0 saturated carbocycles. The van der Waals surface area contributed by atoms with Crippen LogP contribution in [0, 0.1) is 5.41 Å². The summed E-state index contributed by atoms with van der Waals surface area (Å²) in [5.74, 6) is 0. The lowest BCUT2D eigenvalue weighted by Crippen LogP contribution is -2.13. The van der Waals surface area contributed by atoms with Crippen molar-refractivity contribution in [1.82, 2.24) is 9.55 Å². The van der Waals surface area contributed by atoms with Crippen LogP contribution < -0.4 is 4.80 Å². The molecule has 0 saturated heterocycles. The second-order valence-electron chi connectivity index (χ2n) is 2.73. The molecule has 0 aliphatic carbocycles. The van der Waals surface area contributed by atoms with Gasteiger partial charge in [0.1, 0.15) is 0 Å². The Labute approximate surface area is 94.1 Å². The SMILES string of the molecule is N=c1sccn1CCc1cnc(Cl)s1. The van der Waals surface area contributed by atoms with E-state index in [-0.39, 0.29) is 0 Å². The molecule has 1 N–H and O–H groups in total. The number of halogens is 1. The van der Waals surface area contributed by atoms with Crippen LogP contribution in [0.15, 0.2) is 17.8 Å². The van der Waals surface area contributed by atoms with Crippen LogP contribution in [0.4, 0.5) is 0 Å². The third kappa shape index (κ3) is 2.23. The summed E-state index contributed by atoms with van der Waals surface area (Å²) in [6, 6.07) is 0. The molecule has 2 rings (SSSR count). The van der Waals surface area contributed by atoms with E-state index in [4.69, 9.17) is 17.0 Å². The highest BCUT2D eigenvalue weighted by Crippen LogP contribution is 2.18. The van der Waals surface area contributed by atoms with Gasteiger partial charge in [0.25, 0.3) is 0 Å².